The summed E-state index contributed by atoms with van der Waals surface area (Å²) in [6, 6.07) is 47.4. The Kier molecular flexibility index (Phi) is 6.47. The van der Waals surface area contributed by atoms with Gasteiger partial charge >= 0.3 is 21.1 Å². The largest absolute Gasteiger partial charge is 2.00 e. The van der Waals surface area contributed by atoms with Crippen molar-refractivity contribution in [3.05, 3.63) is 145 Å². The molecule has 0 spiro atoms. The molecule has 9 aromatic rings. The monoisotopic (exact) mass is 759 g/mol. The van der Waals surface area contributed by atoms with Crippen LogP contribution in [0.25, 0.3) is 54.9 Å². The third-order valence-electron chi connectivity index (χ3n) is 8.32. The van der Waals surface area contributed by atoms with Crippen LogP contribution in [0.2, 0.25) is 0 Å². The van der Waals surface area contributed by atoms with Crippen molar-refractivity contribution in [1.82, 2.24) is 24.1 Å². The van der Waals surface area contributed by atoms with Gasteiger partial charge in [0.15, 0.2) is 5.65 Å². The normalized spacial score (nSPS) is 11.5. The molecule has 0 unspecified atom stereocenters. The minimum absolute atomic E-state index is 0. The summed E-state index contributed by atoms with van der Waals surface area (Å²) in [5.74, 6) is 0.860. The van der Waals surface area contributed by atoms with Crippen molar-refractivity contribution in [2.75, 3.05) is 4.90 Å². The molecular formula is C38H24N6Pt. The van der Waals surface area contributed by atoms with Gasteiger partial charge in [-0.15, -0.1) is 35.0 Å². The number of fused-ring (bicyclic) bond motifs is 9. The fraction of sp³-hybridized carbons (Fsp3) is 0.0263. The number of benzene rings is 5. The first-order chi connectivity index (χ1) is 21.7. The van der Waals surface area contributed by atoms with Crippen LogP contribution < -0.4 is 4.90 Å². The van der Waals surface area contributed by atoms with Crippen molar-refractivity contribution in [1.29, 1.82) is 0 Å². The summed E-state index contributed by atoms with van der Waals surface area (Å²) < 4.78 is 4.09. The third kappa shape index (κ3) is 4.25. The van der Waals surface area contributed by atoms with Gasteiger partial charge in [-0.3, -0.25) is 0 Å². The first kappa shape index (κ1) is 27.2. The topological polar surface area (TPSA) is 51.2 Å². The van der Waals surface area contributed by atoms with E-state index in [1.165, 1.54) is 0 Å². The second-order valence-corrected chi connectivity index (χ2v) is 11.0. The third-order valence-corrected chi connectivity index (χ3v) is 8.32. The molecule has 0 saturated carbocycles. The molecule has 0 bridgehead atoms. The average Bonchev–Trinajstić information content (AvgIpc) is 3.70. The van der Waals surface area contributed by atoms with Gasteiger partial charge in [0.25, 0.3) is 0 Å². The van der Waals surface area contributed by atoms with E-state index in [0.29, 0.717) is 0 Å². The first-order valence-electron chi connectivity index (χ1n) is 14.5. The van der Waals surface area contributed by atoms with Crippen LogP contribution in [0.15, 0.2) is 128 Å². The van der Waals surface area contributed by atoms with Crippen LogP contribution in [-0.4, -0.2) is 24.1 Å². The summed E-state index contributed by atoms with van der Waals surface area (Å²) in [5, 5.41) is 10.1. The van der Waals surface area contributed by atoms with Crippen molar-refractivity contribution >= 4 is 66.2 Å². The molecule has 0 aliphatic rings. The maximum absolute atomic E-state index is 4.80. The van der Waals surface area contributed by atoms with Crippen molar-refractivity contribution in [3.8, 4) is 5.82 Å². The number of hydrogen-bond donors (Lipinski definition) is 0. The molecule has 0 radical (unpaired) electrons. The summed E-state index contributed by atoms with van der Waals surface area (Å²) in [6.45, 7) is 2.06. The molecule has 216 valence electrons. The van der Waals surface area contributed by atoms with Gasteiger partial charge in [0, 0.05) is 22.8 Å². The van der Waals surface area contributed by atoms with Gasteiger partial charge in [0.1, 0.15) is 12.1 Å². The van der Waals surface area contributed by atoms with E-state index in [2.05, 4.69) is 142 Å². The Morgan fingerprint density at radius 1 is 0.600 bits per heavy atom. The maximum atomic E-state index is 4.80. The zero-order chi connectivity index (χ0) is 29.2. The van der Waals surface area contributed by atoms with Crippen LogP contribution in [0.4, 0.5) is 17.1 Å². The van der Waals surface area contributed by atoms with Crippen molar-refractivity contribution in [3.63, 3.8) is 0 Å². The van der Waals surface area contributed by atoms with Gasteiger partial charge in [0.05, 0.1) is 0 Å². The Morgan fingerprint density at radius 3 is 2.02 bits per heavy atom. The molecule has 6 nitrogen and oxygen atoms in total. The number of aromatic nitrogens is 5. The van der Waals surface area contributed by atoms with Crippen LogP contribution in [0, 0.1) is 19.1 Å². The number of pyridine rings is 2. The predicted molar refractivity (Wildman–Crippen MR) is 177 cm³/mol. The van der Waals surface area contributed by atoms with Crippen LogP contribution in [0.5, 0.6) is 0 Å². The SMILES string of the molecule is Cc1ccc(-n2c3[c-]c(N(c4[c-]c5c(cc4)c4ccccc4c4ncnn54)c4ccccc4)ccc3c3ccccc32)nc1.[Pt+2]. The Balaban J connectivity index is 0.00000300. The van der Waals surface area contributed by atoms with Gasteiger partial charge in [-0.2, -0.15) is 17.2 Å². The molecule has 0 N–H and O–H groups in total. The molecule has 4 aromatic heterocycles. The van der Waals surface area contributed by atoms with Crippen molar-refractivity contribution in [2.45, 2.75) is 6.92 Å². The molecule has 0 saturated heterocycles. The Bertz CT molecular complexity index is 2520. The van der Waals surface area contributed by atoms with E-state index in [9.17, 15) is 0 Å². The van der Waals surface area contributed by atoms with Gasteiger partial charge in [-0.1, -0.05) is 89.0 Å². The van der Waals surface area contributed by atoms with E-state index in [0.717, 1.165) is 77.6 Å². The number of aryl methyl sites for hydroxylation is 1. The molecule has 0 atom stereocenters. The summed E-state index contributed by atoms with van der Waals surface area (Å²) in [5.41, 5.74) is 7.64. The molecule has 0 aliphatic carbocycles. The van der Waals surface area contributed by atoms with E-state index in [4.69, 9.17) is 4.98 Å². The average molecular weight is 760 g/mol. The van der Waals surface area contributed by atoms with Crippen molar-refractivity contribution in [2.24, 2.45) is 0 Å². The van der Waals surface area contributed by atoms with Gasteiger partial charge in [-0.25, -0.2) is 14.5 Å². The second-order valence-electron chi connectivity index (χ2n) is 11.0. The summed E-state index contributed by atoms with van der Waals surface area (Å²) in [4.78, 5) is 11.6. The smallest absolute Gasteiger partial charge is 0.358 e. The summed E-state index contributed by atoms with van der Waals surface area (Å²) in [6.07, 6.45) is 3.52. The van der Waals surface area contributed by atoms with Crippen LogP contribution in [0.3, 0.4) is 0 Å². The Labute approximate surface area is 273 Å². The standard InChI is InChI=1S/C38H24N6.Pt/c1-25-15-20-37(39-23-25)43-34-14-8-7-12-30(34)32-19-17-27(21-35(32)43)42(26-9-3-2-4-10-26)28-16-18-31-29-11-5-6-13-33(29)38-40-24-41-44(38)36(31)22-28;/h2-20,23-24H,1H3;/q-2;+2. The molecular weight excluding hydrogens is 736 g/mol. The molecule has 9 rings (SSSR count). The molecule has 4 heterocycles. The minimum Gasteiger partial charge on any atom is -0.358 e. The number of anilines is 3. The quantitative estimate of drug-likeness (QED) is 0.133. The van der Waals surface area contributed by atoms with E-state index in [1.807, 2.05) is 22.8 Å². The molecule has 0 amide bonds. The first-order valence-corrected chi connectivity index (χ1v) is 14.5. The maximum Gasteiger partial charge on any atom is 2.00 e. The number of para-hydroxylation sites is 2. The zero-order valence-corrected chi connectivity index (χ0v) is 26.4. The number of hydrogen-bond acceptors (Lipinski definition) is 4. The molecule has 7 heteroatoms. The van der Waals surface area contributed by atoms with Crippen LogP contribution >= 0.6 is 0 Å². The van der Waals surface area contributed by atoms with Gasteiger partial charge < -0.3 is 9.47 Å². The second kappa shape index (κ2) is 10.7. The zero-order valence-electron chi connectivity index (χ0n) is 24.1. The van der Waals surface area contributed by atoms with E-state index >= 15 is 0 Å². The van der Waals surface area contributed by atoms with E-state index < -0.39 is 0 Å². The minimum atomic E-state index is 0. The molecule has 45 heavy (non-hydrogen) atoms. The van der Waals surface area contributed by atoms with E-state index in [-0.39, 0.29) is 21.1 Å². The van der Waals surface area contributed by atoms with Crippen LogP contribution in [0.1, 0.15) is 5.56 Å². The Morgan fingerprint density at radius 2 is 1.27 bits per heavy atom. The predicted octanol–water partition coefficient (Wildman–Crippen LogP) is 8.90. The van der Waals surface area contributed by atoms with Crippen LogP contribution in [-0.2, 0) is 21.1 Å². The van der Waals surface area contributed by atoms with Crippen molar-refractivity contribution < 1.29 is 21.1 Å². The van der Waals surface area contributed by atoms with Gasteiger partial charge in [-0.05, 0) is 47.7 Å². The summed E-state index contributed by atoms with van der Waals surface area (Å²) >= 11 is 0. The number of rotatable bonds is 4. The van der Waals surface area contributed by atoms with Gasteiger partial charge in [0.2, 0.25) is 0 Å². The fourth-order valence-corrected chi connectivity index (χ4v) is 6.32. The number of nitrogens with zero attached hydrogens (tertiary/aromatic N) is 6. The molecule has 5 aromatic carbocycles. The molecule has 0 aliphatic heterocycles. The Hall–Kier alpha value is -5.32. The summed E-state index contributed by atoms with van der Waals surface area (Å²) in [7, 11) is 0. The molecule has 0 fully saturated rings. The van der Waals surface area contributed by atoms with E-state index in [1.54, 1.807) is 6.33 Å². The fourth-order valence-electron chi connectivity index (χ4n) is 6.32.